The summed E-state index contributed by atoms with van der Waals surface area (Å²) in [5, 5.41) is 11.8. The summed E-state index contributed by atoms with van der Waals surface area (Å²) in [6.45, 7) is 0.781. The molecule has 0 amide bonds. The highest BCUT2D eigenvalue weighted by atomic mass is 32.1. The second-order valence-electron chi connectivity index (χ2n) is 6.99. The molecule has 5 heteroatoms. The molecule has 1 aliphatic heterocycles. The normalized spacial score (nSPS) is 18.5. The topological polar surface area (TPSA) is 49.8 Å². The molecule has 1 fully saturated rings. The monoisotopic (exact) mass is 393 g/mol. The minimum atomic E-state index is -0.738. The largest absolute Gasteiger partial charge is 0.480 e. The van der Waals surface area contributed by atoms with Gasteiger partial charge in [0.2, 0.25) is 0 Å². The molecule has 0 bridgehead atoms. The van der Waals surface area contributed by atoms with Crippen LogP contribution in [-0.2, 0) is 4.79 Å². The summed E-state index contributed by atoms with van der Waals surface area (Å²) in [5.74, 6) is 0.806. The van der Waals surface area contributed by atoms with Crippen molar-refractivity contribution < 1.29 is 14.6 Å². The standard InChI is InChI=1S/C23H23NO3S/c25-23(26)20-12-4-5-14-24(20)22(21-13-7-15-28-21)17-8-6-11-19(16-17)27-18-9-2-1-3-10-18/h1-3,6-11,13,15-16,20,22H,4-5,12,14H2,(H,25,26). The van der Waals surface area contributed by atoms with Gasteiger partial charge >= 0.3 is 5.97 Å². The lowest BCUT2D eigenvalue weighted by Gasteiger charge is -2.39. The second kappa shape index (κ2) is 8.59. The van der Waals surface area contributed by atoms with E-state index in [1.807, 2.05) is 60.0 Å². The van der Waals surface area contributed by atoms with Crippen LogP contribution in [-0.4, -0.2) is 28.6 Å². The Labute approximate surface area is 169 Å². The van der Waals surface area contributed by atoms with Crippen LogP contribution in [0.1, 0.15) is 35.7 Å². The van der Waals surface area contributed by atoms with Gasteiger partial charge in [-0.3, -0.25) is 9.69 Å². The molecule has 0 saturated carbocycles. The van der Waals surface area contributed by atoms with Gasteiger partial charge in [-0.05, 0) is 60.7 Å². The molecule has 28 heavy (non-hydrogen) atoms. The molecule has 2 unspecified atom stereocenters. The average Bonchev–Trinajstić information content (AvgIpc) is 3.24. The Bertz CT molecular complexity index is 911. The van der Waals surface area contributed by atoms with E-state index in [1.165, 1.54) is 0 Å². The van der Waals surface area contributed by atoms with E-state index in [0.29, 0.717) is 6.42 Å². The fourth-order valence-corrected chi connectivity index (χ4v) is 4.74. The van der Waals surface area contributed by atoms with Gasteiger partial charge in [-0.1, -0.05) is 42.8 Å². The third-order valence-electron chi connectivity index (χ3n) is 5.13. The number of piperidine rings is 1. The minimum Gasteiger partial charge on any atom is -0.480 e. The molecule has 0 radical (unpaired) electrons. The van der Waals surface area contributed by atoms with Crippen LogP contribution in [0.3, 0.4) is 0 Å². The summed E-state index contributed by atoms with van der Waals surface area (Å²) in [7, 11) is 0. The molecule has 1 N–H and O–H groups in total. The van der Waals surface area contributed by atoms with Crippen LogP contribution in [0.5, 0.6) is 11.5 Å². The predicted octanol–water partition coefficient (Wildman–Crippen LogP) is 5.57. The number of carbonyl (C=O) groups is 1. The third-order valence-corrected chi connectivity index (χ3v) is 6.05. The van der Waals surface area contributed by atoms with E-state index in [4.69, 9.17) is 4.74 Å². The number of nitrogens with zero attached hydrogens (tertiary/aromatic N) is 1. The second-order valence-corrected chi connectivity index (χ2v) is 7.97. The summed E-state index contributed by atoms with van der Waals surface area (Å²) in [5.41, 5.74) is 1.06. The van der Waals surface area contributed by atoms with Crippen LogP contribution in [0.25, 0.3) is 0 Å². The van der Waals surface area contributed by atoms with Gasteiger partial charge in [0.1, 0.15) is 17.5 Å². The van der Waals surface area contributed by atoms with Crippen LogP contribution in [0.15, 0.2) is 72.1 Å². The molecular formula is C23H23NO3S. The Morgan fingerprint density at radius 1 is 1.04 bits per heavy atom. The van der Waals surface area contributed by atoms with Gasteiger partial charge in [-0.15, -0.1) is 11.3 Å². The van der Waals surface area contributed by atoms with Crippen molar-refractivity contribution in [3.05, 3.63) is 82.6 Å². The first kappa shape index (κ1) is 18.7. The lowest BCUT2D eigenvalue weighted by molar-refractivity contribution is -0.145. The maximum absolute atomic E-state index is 11.9. The lowest BCUT2D eigenvalue weighted by atomic mass is 9.95. The van der Waals surface area contributed by atoms with Crippen molar-refractivity contribution in [1.82, 2.24) is 4.90 Å². The van der Waals surface area contributed by atoms with Gasteiger partial charge in [0, 0.05) is 4.88 Å². The summed E-state index contributed by atoms with van der Waals surface area (Å²) in [6.07, 6.45) is 2.67. The van der Waals surface area contributed by atoms with E-state index in [1.54, 1.807) is 11.3 Å². The van der Waals surface area contributed by atoms with E-state index in [-0.39, 0.29) is 6.04 Å². The Balaban J connectivity index is 1.69. The van der Waals surface area contributed by atoms with Crippen molar-refractivity contribution in [3.63, 3.8) is 0 Å². The van der Waals surface area contributed by atoms with Gasteiger partial charge in [-0.25, -0.2) is 0 Å². The molecule has 1 aromatic heterocycles. The molecule has 0 aliphatic carbocycles. The van der Waals surface area contributed by atoms with Crippen molar-refractivity contribution in [2.24, 2.45) is 0 Å². The molecule has 1 aliphatic rings. The molecule has 2 atom stereocenters. The van der Waals surface area contributed by atoms with E-state index < -0.39 is 12.0 Å². The van der Waals surface area contributed by atoms with Crippen molar-refractivity contribution in [1.29, 1.82) is 0 Å². The quantitative estimate of drug-likeness (QED) is 0.595. The summed E-state index contributed by atoms with van der Waals surface area (Å²) in [4.78, 5) is 15.2. The smallest absolute Gasteiger partial charge is 0.320 e. The highest BCUT2D eigenvalue weighted by molar-refractivity contribution is 7.10. The van der Waals surface area contributed by atoms with Gasteiger partial charge in [0.25, 0.3) is 0 Å². The zero-order valence-corrected chi connectivity index (χ0v) is 16.3. The number of thiophene rings is 1. The van der Waals surface area contributed by atoms with Crippen LogP contribution in [0.4, 0.5) is 0 Å². The van der Waals surface area contributed by atoms with E-state index >= 15 is 0 Å². The molecule has 3 aromatic rings. The first-order valence-electron chi connectivity index (χ1n) is 9.57. The number of ether oxygens (including phenoxy) is 1. The van der Waals surface area contributed by atoms with Crippen molar-refractivity contribution in [2.45, 2.75) is 31.3 Å². The summed E-state index contributed by atoms with van der Waals surface area (Å²) >= 11 is 1.67. The molecule has 1 saturated heterocycles. The summed E-state index contributed by atoms with van der Waals surface area (Å²) < 4.78 is 6.02. The van der Waals surface area contributed by atoms with Gasteiger partial charge in [0.05, 0.1) is 6.04 Å². The first-order valence-corrected chi connectivity index (χ1v) is 10.4. The number of hydrogen-bond acceptors (Lipinski definition) is 4. The predicted molar refractivity (Wildman–Crippen MR) is 111 cm³/mol. The van der Waals surface area contributed by atoms with Crippen LogP contribution in [0.2, 0.25) is 0 Å². The molecule has 4 rings (SSSR count). The highest BCUT2D eigenvalue weighted by Crippen LogP contribution is 2.37. The fraction of sp³-hybridized carbons (Fsp3) is 0.261. The molecule has 4 nitrogen and oxygen atoms in total. The van der Waals surface area contributed by atoms with E-state index in [2.05, 4.69) is 17.0 Å². The molecule has 144 valence electrons. The average molecular weight is 394 g/mol. The maximum Gasteiger partial charge on any atom is 0.320 e. The molecule has 0 spiro atoms. The summed E-state index contributed by atoms with van der Waals surface area (Å²) in [6, 6.07) is 21.3. The minimum absolute atomic E-state index is 0.0827. The molecular weight excluding hydrogens is 370 g/mol. The Hall–Kier alpha value is -2.63. The zero-order chi connectivity index (χ0) is 19.3. The number of carboxylic acids is 1. The number of aliphatic carboxylic acids is 1. The zero-order valence-electron chi connectivity index (χ0n) is 15.5. The Kier molecular flexibility index (Phi) is 5.74. The number of benzene rings is 2. The maximum atomic E-state index is 11.9. The third kappa shape index (κ3) is 4.11. The number of hydrogen-bond donors (Lipinski definition) is 1. The van der Waals surface area contributed by atoms with Crippen molar-refractivity contribution in [3.8, 4) is 11.5 Å². The molecule has 2 heterocycles. The van der Waals surface area contributed by atoms with Gasteiger partial charge in [-0.2, -0.15) is 0 Å². The highest BCUT2D eigenvalue weighted by Gasteiger charge is 2.35. The first-order chi connectivity index (χ1) is 13.7. The van der Waals surface area contributed by atoms with Crippen molar-refractivity contribution >= 4 is 17.3 Å². The van der Waals surface area contributed by atoms with Crippen molar-refractivity contribution in [2.75, 3.05) is 6.54 Å². The lowest BCUT2D eigenvalue weighted by Crippen LogP contribution is -2.46. The Morgan fingerprint density at radius 3 is 2.61 bits per heavy atom. The van der Waals surface area contributed by atoms with E-state index in [9.17, 15) is 9.90 Å². The number of likely N-dealkylation sites (tertiary alicyclic amines) is 1. The van der Waals surface area contributed by atoms with Crippen LogP contribution in [0, 0.1) is 0 Å². The SMILES string of the molecule is O=C(O)C1CCCCN1C(c1cccc(Oc2ccccc2)c1)c1cccs1. The number of rotatable bonds is 6. The fourth-order valence-electron chi connectivity index (χ4n) is 3.87. The number of carboxylic acid groups (broad SMARTS) is 1. The Morgan fingerprint density at radius 2 is 1.86 bits per heavy atom. The molecule has 2 aromatic carbocycles. The van der Waals surface area contributed by atoms with Gasteiger partial charge < -0.3 is 9.84 Å². The van der Waals surface area contributed by atoms with Crippen LogP contribution >= 0.6 is 11.3 Å². The number of para-hydroxylation sites is 1. The van der Waals surface area contributed by atoms with E-state index in [0.717, 1.165) is 41.3 Å². The van der Waals surface area contributed by atoms with Gasteiger partial charge in [0.15, 0.2) is 0 Å². The van der Waals surface area contributed by atoms with Crippen LogP contribution < -0.4 is 4.74 Å².